The zero-order valence-corrected chi connectivity index (χ0v) is 13.8. The maximum atomic E-state index is 11.9. The summed E-state index contributed by atoms with van der Waals surface area (Å²) in [4.78, 5) is 25.2. The smallest absolute Gasteiger partial charge is 0.330 e. The van der Waals surface area contributed by atoms with Crippen LogP contribution in [0, 0.1) is 0 Å². The highest BCUT2D eigenvalue weighted by Crippen LogP contribution is 2.31. The van der Waals surface area contributed by atoms with Crippen molar-refractivity contribution in [2.45, 2.75) is 31.0 Å². The molecule has 0 unspecified atom stereocenters. The fourth-order valence-corrected chi connectivity index (χ4v) is 4.61. The Labute approximate surface area is 137 Å². The number of hydrogen-bond donors (Lipinski definition) is 2. The highest BCUT2D eigenvalue weighted by atomic mass is 32.2. The number of hydrogen-bond acceptors (Lipinski definition) is 7. The van der Waals surface area contributed by atoms with Crippen molar-refractivity contribution in [2.75, 3.05) is 26.0 Å². The number of rotatable bonds is 4. The monoisotopic (exact) mass is 361 g/mol. The topological polar surface area (TPSA) is 131 Å². The van der Waals surface area contributed by atoms with E-state index < -0.39 is 45.8 Å². The molecule has 2 saturated heterocycles. The van der Waals surface area contributed by atoms with Gasteiger partial charge in [0.2, 0.25) is 10.0 Å². The molecule has 10 nitrogen and oxygen atoms in total. The molecule has 2 aliphatic heterocycles. The van der Waals surface area contributed by atoms with Gasteiger partial charge in [-0.05, 0) is 6.42 Å². The van der Waals surface area contributed by atoms with E-state index in [2.05, 4.69) is 4.98 Å². The van der Waals surface area contributed by atoms with Gasteiger partial charge in [-0.1, -0.05) is 0 Å². The Morgan fingerprint density at radius 2 is 2.21 bits per heavy atom. The summed E-state index contributed by atoms with van der Waals surface area (Å²) in [5, 5.41) is 10.4. The average Bonchev–Trinajstić information content (AvgIpc) is 3.00. The third-order valence-corrected chi connectivity index (χ3v) is 6.22. The highest BCUT2D eigenvalue weighted by molar-refractivity contribution is 7.89. The van der Waals surface area contributed by atoms with Crippen LogP contribution in [0.25, 0.3) is 0 Å². The minimum Gasteiger partial charge on any atom is -0.387 e. The molecule has 0 spiro atoms. The van der Waals surface area contributed by atoms with E-state index in [4.69, 9.17) is 9.47 Å². The molecular formula is C13H19N3O7S. The molecule has 2 aliphatic rings. The summed E-state index contributed by atoms with van der Waals surface area (Å²) >= 11 is 0. The second kappa shape index (κ2) is 6.41. The number of aromatic amines is 1. The van der Waals surface area contributed by atoms with E-state index in [9.17, 15) is 23.1 Å². The molecule has 3 rings (SSSR count). The van der Waals surface area contributed by atoms with Crippen LogP contribution in [0.3, 0.4) is 0 Å². The molecule has 0 bridgehead atoms. The molecule has 134 valence electrons. The first-order valence-corrected chi connectivity index (χ1v) is 9.10. The number of H-pyrrole nitrogens is 1. The van der Waals surface area contributed by atoms with Crippen LogP contribution in [0.1, 0.15) is 12.6 Å². The molecule has 24 heavy (non-hydrogen) atoms. The van der Waals surface area contributed by atoms with Crippen molar-refractivity contribution in [2.24, 2.45) is 0 Å². The minimum atomic E-state index is -3.33. The SMILES string of the molecule is CO[C@@H]1[C@H](O)[C@@H](CN2CCCS2(=O)=O)O[C@H]1n1ccc(=O)[nH]c1=O. The number of ether oxygens (including phenoxy) is 2. The normalized spacial score (nSPS) is 33.1. The van der Waals surface area contributed by atoms with Gasteiger partial charge in [0.15, 0.2) is 6.23 Å². The van der Waals surface area contributed by atoms with E-state index in [0.717, 1.165) is 10.6 Å². The van der Waals surface area contributed by atoms with Gasteiger partial charge in [-0.25, -0.2) is 13.2 Å². The van der Waals surface area contributed by atoms with Crippen LogP contribution in [-0.4, -0.2) is 71.6 Å². The van der Waals surface area contributed by atoms with E-state index >= 15 is 0 Å². The van der Waals surface area contributed by atoms with Gasteiger partial charge in [-0.2, -0.15) is 4.31 Å². The Hall–Kier alpha value is -1.53. The third-order valence-electron chi connectivity index (χ3n) is 4.30. The summed E-state index contributed by atoms with van der Waals surface area (Å²) in [6.45, 7) is 0.355. The molecule has 1 aromatic rings. The third kappa shape index (κ3) is 3.05. The number of nitrogens with zero attached hydrogens (tertiary/aromatic N) is 2. The molecule has 0 saturated carbocycles. The molecule has 2 fully saturated rings. The Morgan fingerprint density at radius 3 is 2.79 bits per heavy atom. The zero-order valence-electron chi connectivity index (χ0n) is 13.0. The number of methoxy groups -OCH3 is 1. The van der Waals surface area contributed by atoms with Crippen molar-refractivity contribution in [3.63, 3.8) is 0 Å². The van der Waals surface area contributed by atoms with Crippen molar-refractivity contribution in [3.05, 3.63) is 33.1 Å². The first-order chi connectivity index (χ1) is 11.3. The van der Waals surface area contributed by atoms with Crippen LogP contribution in [0.5, 0.6) is 0 Å². The average molecular weight is 361 g/mol. The Morgan fingerprint density at radius 1 is 1.46 bits per heavy atom. The van der Waals surface area contributed by atoms with Crippen LogP contribution in [0.4, 0.5) is 0 Å². The minimum absolute atomic E-state index is 0.0159. The van der Waals surface area contributed by atoms with Gasteiger partial charge in [0.05, 0.1) is 5.75 Å². The summed E-state index contributed by atoms with van der Waals surface area (Å²) in [6.07, 6.45) is -2.02. The van der Waals surface area contributed by atoms with Gasteiger partial charge in [-0.3, -0.25) is 14.3 Å². The predicted octanol–water partition coefficient (Wildman–Crippen LogP) is -2.15. The van der Waals surface area contributed by atoms with Gasteiger partial charge >= 0.3 is 5.69 Å². The molecule has 3 heterocycles. The lowest BCUT2D eigenvalue weighted by molar-refractivity contribution is -0.0555. The largest absolute Gasteiger partial charge is 0.387 e. The molecule has 2 N–H and O–H groups in total. The van der Waals surface area contributed by atoms with Gasteiger partial charge in [-0.15, -0.1) is 0 Å². The van der Waals surface area contributed by atoms with E-state index in [0.29, 0.717) is 13.0 Å². The standard InChI is InChI=1S/C13H19N3O7S/c1-22-11-10(18)8(7-15-4-2-6-24(15,20)21)23-12(11)16-5-3-9(17)14-13(16)19/h3,5,8,10-12,18H,2,4,6-7H2,1H3,(H,14,17,19)/t8-,10-,11-,12-/m1/s1. The Balaban J connectivity index is 1.85. The summed E-state index contributed by atoms with van der Waals surface area (Å²) in [5.41, 5.74) is -1.25. The molecule has 0 amide bonds. The number of sulfonamides is 1. The number of aliphatic hydroxyl groups is 1. The Kier molecular flexibility index (Phi) is 4.62. The summed E-state index contributed by atoms with van der Waals surface area (Å²) in [6, 6.07) is 1.15. The van der Waals surface area contributed by atoms with Crippen LogP contribution in [0.2, 0.25) is 0 Å². The molecule has 0 aliphatic carbocycles. The van der Waals surface area contributed by atoms with Crippen molar-refractivity contribution in [1.29, 1.82) is 0 Å². The molecule has 11 heteroatoms. The number of aliphatic hydroxyl groups excluding tert-OH is 1. The lowest BCUT2D eigenvalue weighted by Gasteiger charge is -2.21. The van der Waals surface area contributed by atoms with Gasteiger partial charge in [0.1, 0.15) is 18.3 Å². The van der Waals surface area contributed by atoms with Crippen LogP contribution >= 0.6 is 0 Å². The van der Waals surface area contributed by atoms with Gasteiger partial charge < -0.3 is 14.6 Å². The summed E-state index contributed by atoms with van der Waals surface area (Å²) < 4.78 is 37.1. The van der Waals surface area contributed by atoms with Crippen molar-refractivity contribution < 1.29 is 23.0 Å². The van der Waals surface area contributed by atoms with Crippen LogP contribution in [0.15, 0.2) is 21.9 Å². The second-order valence-corrected chi connectivity index (χ2v) is 7.89. The fraction of sp³-hybridized carbons (Fsp3) is 0.692. The van der Waals surface area contributed by atoms with Crippen molar-refractivity contribution >= 4 is 10.0 Å². The maximum absolute atomic E-state index is 11.9. The zero-order chi connectivity index (χ0) is 17.5. The quantitative estimate of drug-likeness (QED) is 0.625. The molecule has 1 aromatic heterocycles. The van der Waals surface area contributed by atoms with Crippen LogP contribution < -0.4 is 11.2 Å². The van der Waals surface area contributed by atoms with Gasteiger partial charge in [0, 0.05) is 32.5 Å². The summed E-state index contributed by atoms with van der Waals surface area (Å²) in [7, 11) is -1.98. The molecular weight excluding hydrogens is 342 g/mol. The molecule has 0 aromatic carbocycles. The fourth-order valence-electron chi connectivity index (χ4n) is 3.07. The predicted molar refractivity (Wildman–Crippen MR) is 82.0 cm³/mol. The van der Waals surface area contributed by atoms with E-state index in [-0.39, 0.29) is 12.3 Å². The van der Waals surface area contributed by atoms with E-state index in [1.807, 2.05) is 0 Å². The summed E-state index contributed by atoms with van der Waals surface area (Å²) in [5.74, 6) is 0.0757. The lowest BCUT2D eigenvalue weighted by Crippen LogP contribution is -2.41. The molecule has 0 radical (unpaired) electrons. The van der Waals surface area contributed by atoms with Crippen LogP contribution in [-0.2, 0) is 19.5 Å². The maximum Gasteiger partial charge on any atom is 0.330 e. The number of aromatic nitrogens is 2. The Bertz CT molecular complexity index is 817. The van der Waals surface area contributed by atoms with Gasteiger partial charge in [0.25, 0.3) is 5.56 Å². The van der Waals surface area contributed by atoms with E-state index in [1.165, 1.54) is 17.6 Å². The first kappa shape index (κ1) is 17.3. The lowest BCUT2D eigenvalue weighted by atomic mass is 10.1. The van der Waals surface area contributed by atoms with Crippen molar-refractivity contribution in [1.82, 2.24) is 13.9 Å². The second-order valence-electron chi connectivity index (χ2n) is 5.80. The highest BCUT2D eigenvalue weighted by Gasteiger charge is 2.47. The number of nitrogens with one attached hydrogen (secondary N) is 1. The van der Waals surface area contributed by atoms with E-state index in [1.54, 1.807) is 0 Å². The van der Waals surface area contributed by atoms with Crippen molar-refractivity contribution in [3.8, 4) is 0 Å². The molecule has 4 atom stereocenters. The first-order valence-electron chi connectivity index (χ1n) is 7.49.